The third-order valence-electron chi connectivity index (χ3n) is 5.29. The van der Waals surface area contributed by atoms with Crippen LogP contribution in [0.5, 0.6) is 5.75 Å². The van der Waals surface area contributed by atoms with Gasteiger partial charge in [-0.15, -0.1) is 0 Å². The molecule has 0 aromatic heterocycles. The van der Waals surface area contributed by atoms with Gasteiger partial charge < -0.3 is 4.74 Å². The van der Waals surface area contributed by atoms with E-state index >= 15 is 0 Å². The summed E-state index contributed by atoms with van der Waals surface area (Å²) in [6.45, 7) is 0. The smallest absolute Gasteiger partial charge is 0.221 e. The Morgan fingerprint density at radius 2 is 1.07 bits per heavy atom. The molecule has 1 aliphatic heterocycles. The lowest BCUT2D eigenvalue weighted by Crippen LogP contribution is -2.38. The predicted molar refractivity (Wildman–Crippen MR) is 111 cm³/mol. The fourth-order valence-electron chi connectivity index (χ4n) is 3.89. The number of carbonyl (C=O) groups is 1. The van der Waals surface area contributed by atoms with Crippen LogP contribution in [0.4, 0.5) is 0 Å². The minimum Gasteiger partial charge on any atom is -0.469 e. The van der Waals surface area contributed by atoms with Crippen LogP contribution in [0.2, 0.25) is 0 Å². The second kappa shape index (κ2) is 6.50. The van der Waals surface area contributed by atoms with Crippen LogP contribution in [-0.4, -0.2) is 5.78 Å². The van der Waals surface area contributed by atoms with E-state index < -0.39 is 5.60 Å². The van der Waals surface area contributed by atoms with Crippen LogP contribution in [0.25, 0.3) is 11.1 Å². The van der Waals surface area contributed by atoms with Gasteiger partial charge in [0.1, 0.15) is 5.75 Å². The molecule has 0 amide bonds. The maximum absolute atomic E-state index is 13.5. The van der Waals surface area contributed by atoms with E-state index in [0.717, 1.165) is 22.3 Å². The van der Waals surface area contributed by atoms with E-state index in [2.05, 4.69) is 24.3 Å². The van der Waals surface area contributed by atoms with Crippen LogP contribution < -0.4 is 4.74 Å². The zero-order valence-corrected chi connectivity index (χ0v) is 15.2. The van der Waals surface area contributed by atoms with Gasteiger partial charge in [-0.05, 0) is 23.3 Å². The molecule has 0 bridgehead atoms. The van der Waals surface area contributed by atoms with Crippen molar-refractivity contribution in [2.75, 3.05) is 0 Å². The quantitative estimate of drug-likeness (QED) is 0.455. The summed E-state index contributed by atoms with van der Waals surface area (Å²) in [7, 11) is 0. The highest BCUT2D eigenvalue weighted by Gasteiger charge is 2.50. The van der Waals surface area contributed by atoms with E-state index in [1.165, 1.54) is 0 Å². The summed E-state index contributed by atoms with van der Waals surface area (Å²) in [6, 6.07) is 35.5. The van der Waals surface area contributed by atoms with E-state index in [4.69, 9.17) is 4.74 Å². The number of carbonyl (C=O) groups excluding carboxylic acids is 1. The van der Waals surface area contributed by atoms with Crippen LogP contribution in [-0.2, 0) is 5.60 Å². The average molecular weight is 362 g/mol. The highest BCUT2D eigenvalue weighted by atomic mass is 16.5. The zero-order valence-electron chi connectivity index (χ0n) is 15.2. The summed E-state index contributed by atoms with van der Waals surface area (Å²) in [4.78, 5) is 13.5. The summed E-state index contributed by atoms with van der Waals surface area (Å²) in [5.41, 5.74) is 3.39. The highest BCUT2D eigenvalue weighted by Crippen LogP contribution is 2.45. The molecule has 2 nitrogen and oxygen atoms in total. The molecule has 0 spiro atoms. The topological polar surface area (TPSA) is 26.3 Å². The van der Waals surface area contributed by atoms with Gasteiger partial charge in [0.15, 0.2) is 0 Å². The molecule has 4 aromatic carbocycles. The number of Topliss-reactive ketones (excluding diaryl/α,β-unsaturated/α-hetero) is 1. The van der Waals surface area contributed by atoms with E-state index in [-0.39, 0.29) is 5.78 Å². The third kappa shape index (κ3) is 2.46. The average Bonchev–Trinajstić information content (AvgIpc) is 3.09. The standard InChI is InChI=1S/C26H18O2/c27-25-23-13-7-8-14-24(23)28-26(25,21-11-5-2-6-12-21)22-17-15-20(16-18-22)19-9-3-1-4-10-19/h1-18H/t26-/m0/s1. The van der Waals surface area contributed by atoms with Crippen LogP contribution >= 0.6 is 0 Å². The van der Waals surface area contributed by atoms with Crippen molar-refractivity contribution in [2.24, 2.45) is 0 Å². The van der Waals surface area contributed by atoms with E-state index in [9.17, 15) is 4.79 Å². The number of benzene rings is 4. The molecule has 1 aliphatic rings. The lowest BCUT2D eigenvalue weighted by Gasteiger charge is -2.28. The molecular formula is C26H18O2. The summed E-state index contributed by atoms with van der Waals surface area (Å²) in [6.07, 6.45) is 0. The molecule has 1 atom stereocenters. The predicted octanol–water partition coefficient (Wildman–Crippen LogP) is 5.87. The van der Waals surface area contributed by atoms with Gasteiger partial charge in [0.2, 0.25) is 11.4 Å². The first-order chi connectivity index (χ1) is 13.8. The molecule has 4 aromatic rings. The monoisotopic (exact) mass is 362 g/mol. The Bertz CT molecular complexity index is 1130. The summed E-state index contributed by atoms with van der Waals surface area (Å²) in [5, 5.41) is 0. The molecule has 0 saturated heterocycles. The maximum atomic E-state index is 13.5. The van der Waals surface area contributed by atoms with Crippen molar-refractivity contribution in [1.82, 2.24) is 0 Å². The molecule has 0 fully saturated rings. The largest absolute Gasteiger partial charge is 0.469 e. The fourth-order valence-corrected chi connectivity index (χ4v) is 3.89. The van der Waals surface area contributed by atoms with Crippen molar-refractivity contribution in [2.45, 2.75) is 5.60 Å². The lowest BCUT2D eigenvalue weighted by atomic mass is 9.81. The molecular weight excluding hydrogens is 344 g/mol. The summed E-state index contributed by atoms with van der Waals surface area (Å²) < 4.78 is 6.37. The number of ether oxygens (including phenoxy) is 1. The number of hydrogen-bond acceptors (Lipinski definition) is 2. The molecule has 1 heterocycles. The molecule has 28 heavy (non-hydrogen) atoms. The first kappa shape index (κ1) is 16.5. The van der Waals surface area contributed by atoms with Gasteiger partial charge in [0.25, 0.3) is 0 Å². The Hall–Kier alpha value is -3.65. The summed E-state index contributed by atoms with van der Waals surface area (Å²) >= 11 is 0. The van der Waals surface area contributed by atoms with Gasteiger partial charge in [-0.1, -0.05) is 97.1 Å². The first-order valence-corrected chi connectivity index (χ1v) is 9.33. The Kier molecular flexibility index (Phi) is 3.84. The van der Waals surface area contributed by atoms with Gasteiger partial charge >= 0.3 is 0 Å². The van der Waals surface area contributed by atoms with Crippen molar-refractivity contribution in [3.63, 3.8) is 0 Å². The normalized spacial score (nSPS) is 17.8. The van der Waals surface area contributed by atoms with Crippen molar-refractivity contribution < 1.29 is 9.53 Å². The number of rotatable bonds is 3. The van der Waals surface area contributed by atoms with Gasteiger partial charge in [-0.25, -0.2) is 0 Å². The number of fused-ring (bicyclic) bond motifs is 1. The summed E-state index contributed by atoms with van der Waals surface area (Å²) in [5.74, 6) is 0.602. The van der Waals surface area contributed by atoms with Crippen LogP contribution in [0.1, 0.15) is 21.5 Å². The van der Waals surface area contributed by atoms with Crippen LogP contribution in [0, 0.1) is 0 Å². The molecule has 0 aliphatic carbocycles. The van der Waals surface area contributed by atoms with Crippen LogP contribution in [0.3, 0.4) is 0 Å². The maximum Gasteiger partial charge on any atom is 0.221 e. The van der Waals surface area contributed by atoms with Crippen molar-refractivity contribution in [3.05, 3.63) is 126 Å². The van der Waals surface area contributed by atoms with Crippen molar-refractivity contribution >= 4 is 5.78 Å². The Morgan fingerprint density at radius 1 is 0.536 bits per heavy atom. The Balaban J connectivity index is 1.66. The lowest BCUT2D eigenvalue weighted by molar-refractivity contribution is 0.0686. The molecule has 2 heteroatoms. The zero-order chi connectivity index (χ0) is 19.0. The molecule has 0 radical (unpaired) electrons. The second-order valence-electron chi connectivity index (χ2n) is 6.92. The minimum absolute atomic E-state index is 0.0261. The number of para-hydroxylation sites is 1. The molecule has 0 N–H and O–H groups in total. The van der Waals surface area contributed by atoms with Gasteiger partial charge in [-0.2, -0.15) is 0 Å². The van der Waals surface area contributed by atoms with Gasteiger partial charge in [0, 0.05) is 11.1 Å². The minimum atomic E-state index is -1.15. The molecule has 0 unspecified atom stereocenters. The molecule has 0 saturated carbocycles. The number of ketones is 1. The highest BCUT2D eigenvalue weighted by molar-refractivity contribution is 6.10. The van der Waals surface area contributed by atoms with E-state index in [0.29, 0.717) is 11.3 Å². The van der Waals surface area contributed by atoms with Crippen molar-refractivity contribution in [1.29, 1.82) is 0 Å². The Morgan fingerprint density at radius 3 is 1.75 bits per heavy atom. The third-order valence-corrected chi connectivity index (χ3v) is 5.29. The van der Waals surface area contributed by atoms with E-state index in [1.807, 2.05) is 84.9 Å². The van der Waals surface area contributed by atoms with E-state index in [1.54, 1.807) is 0 Å². The second-order valence-corrected chi connectivity index (χ2v) is 6.92. The van der Waals surface area contributed by atoms with Gasteiger partial charge in [-0.3, -0.25) is 4.79 Å². The van der Waals surface area contributed by atoms with Crippen molar-refractivity contribution in [3.8, 4) is 16.9 Å². The van der Waals surface area contributed by atoms with Gasteiger partial charge in [0.05, 0.1) is 5.56 Å². The molecule has 134 valence electrons. The first-order valence-electron chi connectivity index (χ1n) is 9.33. The number of hydrogen-bond donors (Lipinski definition) is 0. The fraction of sp³-hybridized carbons (Fsp3) is 0.0385. The molecule has 5 rings (SSSR count). The SMILES string of the molecule is O=C1c2ccccc2O[C@@]1(c1ccccc1)c1ccc(-c2ccccc2)cc1. The Labute approximate surface area is 164 Å². The van der Waals surface area contributed by atoms with Crippen LogP contribution in [0.15, 0.2) is 109 Å².